The van der Waals surface area contributed by atoms with Gasteiger partial charge in [-0.1, -0.05) is 19.9 Å². The van der Waals surface area contributed by atoms with Crippen LogP contribution in [-0.2, 0) is 0 Å². The van der Waals surface area contributed by atoms with Crippen LogP contribution in [0.4, 0.5) is 0 Å². The summed E-state index contributed by atoms with van der Waals surface area (Å²) in [5.41, 5.74) is -0.0804. The molecular formula is C14H21NO4. The van der Waals surface area contributed by atoms with Crippen molar-refractivity contribution in [2.75, 3.05) is 13.2 Å². The Bertz CT molecular complexity index is 443. The number of aliphatic hydroxyl groups is 1. The van der Waals surface area contributed by atoms with Crippen LogP contribution in [0.5, 0.6) is 11.5 Å². The smallest absolute Gasteiger partial charge is 0.255 e. The molecule has 0 aliphatic rings. The molecule has 1 aromatic carbocycles. The summed E-state index contributed by atoms with van der Waals surface area (Å²) in [6, 6.07) is 4.27. The largest absolute Gasteiger partial charge is 0.504 e. The average molecular weight is 267 g/mol. The van der Waals surface area contributed by atoms with Crippen molar-refractivity contribution in [2.45, 2.75) is 26.7 Å². The summed E-state index contributed by atoms with van der Waals surface area (Å²) in [6.07, 6.45) is 1.47. The summed E-state index contributed by atoms with van der Waals surface area (Å²) in [5.74, 6) is -1.15. The molecule has 0 fully saturated rings. The Balaban J connectivity index is 2.63. The molecule has 0 saturated carbocycles. The quantitative estimate of drug-likeness (QED) is 0.590. The van der Waals surface area contributed by atoms with E-state index in [1.807, 2.05) is 13.8 Å². The summed E-state index contributed by atoms with van der Waals surface area (Å²) in [5, 5.41) is 30.5. The van der Waals surface area contributed by atoms with Gasteiger partial charge in [0, 0.05) is 13.2 Å². The van der Waals surface area contributed by atoms with Gasteiger partial charge in [-0.3, -0.25) is 4.79 Å². The molecule has 1 aromatic rings. The molecule has 0 aliphatic carbocycles. The molecule has 1 rings (SSSR count). The molecule has 5 nitrogen and oxygen atoms in total. The maximum absolute atomic E-state index is 11.9. The van der Waals surface area contributed by atoms with Crippen LogP contribution < -0.4 is 5.32 Å². The van der Waals surface area contributed by atoms with Gasteiger partial charge in [-0.25, -0.2) is 0 Å². The summed E-state index contributed by atoms with van der Waals surface area (Å²) in [4.78, 5) is 11.9. The van der Waals surface area contributed by atoms with Crippen LogP contribution in [0, 0.1) is 5.41 Å². The minimum atomic E-state index is -0.425. The predicted octanol–water partition coefficient (Wildman–Crippen LogP) is 1.63. The summed E-state index contributed by atoms with van der Waals surface area (Å²) in [7, 11) is 0. The number of phenols is 2. The second-order valence-electron chi connectivity index (χ2n) is 5.35. The van der Waals surface area contributed by atoms with Crippen LogP contribution >= 0.6 is 0 Å². The lowest BCUT2D eigenvalue weighted by atomic mass is 9.88. The second-order valence-corrected chi connectivity index (χ2v) is 5.35. The zero-order chi connectivity index (χ0) is 14.5. The molecular weight excluding hydrogens is 246 g/mol. The highest BCUT2D eigenvalue weighted by Gasteiger charge is 2.20. The standard InChI is InChI=1S/C14H21NO4/c1-14(2,7-4-8-16)9-15-13(19)10-5-3-6-11(17)12(10)18/h3,5-6,16-18H,4,7-9H2,1-2H3,(H,15,19). The maximum atomic E-state index is 11.9. The number of phenolic OH excluding ortho intramolecular Hbond substituents is 2. The number of aromatic hydroxyl groups is 2. The van der Waals surface area contributed by atoms with E-state index in [1.165, 1.54) is 18.2 Å². The number of aliphatic hydroxyl groups excluding tert-OH is 1. The third-order valence-corrected chi connectivity index (χ3v) is 3.00. The zero-order valence-electron chi connectivity index (χ0n) is 11.3. The van der Waals surface area contributed by atoms with Crippen molar-refractivity contribution in [3.05, 3.63) is 23.8 Å². The van der Waals surface area contributed by atoms with E-state index in [9.17, 15) is 15.0 Å². The summed E-state index contributed by atoms with van der Waals surface area (Å²) < 4.78 is 0. The van der Waals surface area contributed by atoms with Crippen molar-refractivity contribution in [1.82, 2.24) is 5.32 Å². The highest BCUT2D eigenvalue weighted by molar-refractivity contribution is 5.97. The fourth-order valence-electron chi connectivity index (χ4n) is 1.78. The minimum Gasteiger partial charge on any atom is -0.504 e. The van der Waals surface area contributed by atoms with Gasteiger partial charge >= 0.3 is 0 Å². The van der Waals surface area contributed by atoms with Crippen LogP contribution in [0.1, 0.15) is 37.0 Å². The van der Waals surface area contributed by atoms with E-state index in [2.05, 4.69) is 5.32 Å². The number of hydrogen-bond acceptors (Lipinski definition) is 4. The van der Waals surface area contributed by atoms with Crippen LogP contribution in [0.2, 0.25) is 0 Å². The maximum Gasteiger partial charge on any atom is 0.255 e. The fraction of sp³-hybridized carbons (Fsp3) is 0.500. The van der Waals surface area contributed by atoms with E-state index in [-0.39, 0.29) is 23.3 Å². The molecule has 106 valence electrons. The Morgan fingerprint density at radius 1 is 1.32 bits per heavy atom. The molecule has 0 bridgehead atoms. The molecule has 0 aliphatic heterocycles. The van der Waals surface area contributed by atoms with Gasteiger partial charge < -0.3 is 20.6 Å². The second kappa shape index (κ2) is 6.43. The lowest BCUT2D eigenvalue weighted by Gasteiger charge is -2.24. The molecule has 0 aromatic heterocycles. The van der Waals surface area contributed by atoms with Crippen molar-refractivity contribution in [2.24, 2.45) is 5.41 Å². The predicted molar refractivity (Wildman–Crippen MR) is 72.2 cm³/mol. The van der Waals surface area contributed by atoms with Gasteiger partial charge in [0.1, 0.15) is 0 Å². The van der Waals surface area contributed by atoms with E-state index in [0.717, 1.165) is 6.42 Å². The summed E-state index contributed by atoms with van der Waals surface area (Å²) in [6.45, 7) is 4.54. The number of amides is 1. The number of rotatable bonds is 6. The van der Waals surface area contributed by atoms with Crippen LogP contribution in [-0.4, -0.2) is 34.4 Å². The topological polar surface area (TPSA) is 89.8 Å². The highest BCUT2D eigenvalue weighted by Crippen LogP contribution is 2.28. The van der Waals surface area contributed by atoms with Gasteiger partial charge in [-0.2, -0.15) is 0 Å². The van der Waals surface area contributed by atoms with Gasteiger partial charge in [0.25, 0.3) is 5.91 Å². The number of benzene rings is 1. The van der Waals surface area contributed by atoms with Gasteiger partial charge in [0.05, 0.1) is 5.56 Å². The average Bonchev–Trinajstić information content (AvgIpc) is 2.37. The van der Waals surface area contributed by atoms with Gasteiger partial charge in [-0.05, 0) is 30.4 Å². The van der Waals surface area contributed by atoms with E-state index in [4.69, 9.17) is 5.11 Å². The van der Waals surface area contributed by atoms with E-state index < -0.39 is 11.7 Å². The number of nitrogens with one attached hydrogen (secondary N) is 1. The Morgan fingerprint density at radius 3 is 2.63 bits per heavy atom. The molecule has 0 spiro atoms. The molecule has 0 unspecified atom stereocenters. The Hall–Kier alpha value is -1.75. The fourth-order valence-corrected chi connectivity index (χ4v) is 1.78. The van der Waals surface area contributed by atoms with E-state index in [0.29, 0.717) is 13.0 Å². The van der Waals surface area contributed by atoms with Gasteiger partial charge in [-0.15, -0.1) is 0 Å². The van der Waals surface area contributed by atoms with Crippen molar-refractivity contribution in [3.63, 3.8) is 0 Å². The minimum absolute atomic E-state index is 0.0537. The molecule has 5 heteroatoms. The number of para-hydroxylation sites is 1. The van der Waals surface area contributed by atoms with E-state index in [1.54, 1.807) is 0 Å². The Labute approximate surface area is 112 Å². The number of carbonyl (C=O) groups is 1. The van der Waals surface area contributed by atoms with E-state index >= 15 is 0 Å². The number of carbonyl (C=O) groups excluding carboxylic acids is 1. The summed E-state index contributed by atoms with van der Waals surface area (Å²) >= 11 is 0. The first-order chi connectivity index (χ1) is 8.87. The van der Waals surface area contributed by atoms with Crippen LogP contribution in [0.15, 0.2) is 18.2 Å². The Morgan fingerprint density at radius 2 is 2.00 bits per heavy atom. The lowest BCUT2D eigenvalue weighted by molar-refractivity contribution is 0.0929. The highest BCUT2D eigenvalue weighted by atomic mass is 16.3. The monoisotopic (exact) mass is 267 g/mol. The molecule has 0 radical (unpaired) electrons. The van der Waals surface area contributed by atoms with Crippen LogP contribution in [0.25, 0.3) is 0 Å². The molecule has 0 heterocycles. The van der Waals surface area contributed by atoms with Crippen LogP contribution in [0.3, 0.4) is 0 Å². The normalized spacial score (nSPS) is 11.3. The first-order valence-corrected chi connectivity index (χ1v) is 6.27. The molecule has 19 heavy (non-hydrogen) atoms. The Kier molecular flexibility index (Phi) is 5.18. The zero-order valence-corrected chi connectivity index (χ0v) is 11.3. The lowest BCUT2D eigenvalue weighted by Crippen LogP contribution is -2.34. The molecule has 0 saturated heterocycles. The van der Waals surface area contributed by atoms with Crippen molar-refractivity contribution >= 4 is 5.91 Å². The SMILES string of the molecule is CC(C)(CCCO)CNC(=O)c1cccc(O)c1O. The molecule has 4 N–H and O–H groups in total. The van der Waals surface area contributed by atoms with Gasteiger partial charge in [0.15, 0.2) is 11.5 Å². The van der Waals surface area contributed by atoms with Gasteiger partial charge in [0.2, 0.25) is 0 Å². The first kappa shape index (κ1) is 15.3. The van der Waals surface area contributed by atoms with Crippen molar-refractivity contribution in [1.29, 1.82) is 0 Å². The van der Waals surface area contributed by atoms with Crippen molar-refractivity contribution < 1.29 is 20.1 Å². The van der Waals surface area contributed by atoms with Crippen molar-refractivity contribution in [3.8, 4) is 11.5 Å². The number of hydrogen-bond donors (Lipinski definition) is 4. The third kappa shape index (κ3) is 4.44. The molecule has 1 amide bonds. The first-order valence-electron chi connectivity index (χ1n) is 6.27. The molecule has 0 atom stereocenters. The third-order valence-electron chi connectivity index (χ3n) is 3.00.